The summed E-state index contributed by atoms with van der Waals surface area (Å²) < 4.78 is 0. The van der Waals surface area contributed by atoms with Crippen LogP contribution < -0.4 is 0 Å². The minimum Gasteiger partial charge on any atom is -0.0622 e. The molecule has 0 radical (unpaired) electrons. The van der Waals surface area contributed by atoms with Crippen LogP contribution in [0.4, 0.5) is 0 Å². The van der Waals surface area contributed by atoms with Crippen LogP contribution in [0.1, 0.15) is 0 Å². The number of hydrogen-bond donors (Lipinski definition) is 0. The lowest BCUT2D eigenvalue weighted by Gasteiger charge is -2.21. The standard InChI is InChI=1S/C70H46/c1-5-21-47(22-6-1)53-41-43-55(49-25-9-3-10-26-49)65(45-53)69-61-33-17-13-29-57(61)67(58-30-14-18-34-62(58)69)51-37-39-52(40-38-51)68-59-31-15-19-35-63(59)70(64-36-20-16-32-60(64)68)66-46-54(48-23-7-2-8-24-48)42-44-56(66)50-27-11-4-12-28-50/h1-46H. The average molecular weight is 887 g/mol. The lowest BCUT2D eigenvalue weighted by atomic mass is 9.82. The summed E-state index contributed by atoms with van der Waals surface area (Å²) >= 11 is 0. The van der Waals surface area contributed by atoms with E-state index in [-0.39, 0.29) is 0 Å². The van der Waals surface area contributed by atoms with E-state index in [1.807, 2.05) is 0 Å². The predicted molar refractivity (Wildman–Crippen MR) is 300 cm³/mol. The molecular weight excluding hydrogens is 841 g/mol. The monoisotopic (exact) mass is 886 g/mol. The maximum atomic E-state index is 2.41. The zero-order chi connectivity index (χ0) is 46.4. The largest absolute Gasteiger partial charge is 0.0622 e. The molecule has 0 spiro atoms. The topological polar surface area (TPSA) is 0 Å². The molecule has 0 atom stereocenters. The highest BCUT2D eigenvalue weighted by Crippen LogP contribution is 2.50. The van der Waals surface area contributed by atoms with Crippen molar-refractivity contribution in [3.8, 4) is 89.0 Å². The first-order chi connectivity index (χ1) is 34.8. The van der Waals surface area contributed by atoms with Crippen LogP contribution in [-0.4, -0.2) is 0 Å². The van der Waals surface area contributed by atoms with Crippen molar-refractivity contribution < 1.29 is 0 Å². The summed E-state index contributed by atoms with van der Waals surface area (Å²) in [4.78, 5) is 0. The van der Waals surface area contributed by atoms with E-state index in [4.69, 9.17) is 0 Å². The van der Waals surface area contributed by atoms with Crippen molar-refractivity contribution in [2.75, 3.05) is 0 Å². The smallest absolute Gasteiger partial charge is 0.00199 e. The number of benzene rings is 13. The molecule has 0 fully saturated rings. The van der Waals surface area contributed by atoms with Gasteiger partial charge in [-0.15, -0.1) is 0 Å². The zero-order valence-electron chi connectivity index (χ0n) is 38.6. The van der Waals surface area contributed by atoms with Crippen LogP contribution >= 0.6 is 0 Å². The summed E-state index contributed by atoms with van der Waals surface area (Å²) in [5.74, 6) is 0. The molecule has 0 aromatic heterocycles. The summed E-state index contributed by atoms with van der Waals surface area (Å²) in [5.41, 5.74) is 19.5. The third-order valence-corrected chi connectivity index (χ3v) is 14.3. The molecule has 0 heteroatoms. The molecule has 0 bridgehead atoms. The molecule has 0 unspecified atom stereocenters. The highest BCUT2D eigenvalue weighted by Gasteiger charge is 2.22. The van der Waals surface area contributed by atoms with Gasteiger partial charge in [0.2, 0.25) is 0 Å². The number of fused-ring (bicyclic) bond motifs is 4. The van der Waals surface area contributed by atoms with E-state index in [9.17, 15) is 0 Å². The Morgan fingerprint density at radius 1 is 0.129 bits per heavy atom. The molecule has 0 saturated carbocycles. The highest BCUT2D eigenvalue weighted by molar-refractivity contribution is 6.24. The lowest BCUT2D eigenvalue weighted by molar-refractivity contribution is 1.58. The van der Waals surface area contributed by atoms with E-state index in [0.29, 0.717) is 0 Å². The number of rotatable bonds is 8. The molecule has 0 aliphatic carbocycles. The maximum Gasteiger partial charge on any atom is -0.00199 e. The Morgan fingerprint density at radius 2 is 0.357 bits per heavy atom. The molecule has 0 heterocycles. The first-order valence-electron chi connectivity index (χ1n) is 24.2. The fraction of sp³-hybridized carbons (Fsp3) is 0. The van der Waals surface area contributed by atoms with E-state index >= 15 is 0 Å². The lowest BCUT2D eigenvalue weighted by Crippen LogP contribution is -1.94. The van der Waals surface area contributed by atoms with Gasteiger partial charge in [0.1, 0.15) is 0 Å². The van der Waals surface area contributed by atoms with Gasteiger partial charge >= 0.3 is 0 Å². The van der Waals surface area contributed by atoms with E-state index in [2.05, 4.69) is 279 Å². The zero-order valence-corrected chi connectivity index (χ0v) is 38.6. The third kappa shape index (κ3) is 7.09. The van der Waals surface area contributed by atoms with Crippen molar-refractivity contribution in [3.63, 3.8) is 0 Å². The second-order valence-corrected chi connectivity index (χ2v) is 18.2. The van der Waals surface area contributed by atoms with Gasteiger partial charge in [0.05, 0.1) is 0 Å². The van der Waals surface area contributed by atoms with Crippen LogP contribution in [0.3, 0.4) is 0 Å². The van der Waals surface area contributed by atoms with Crippen LogP contribution in [0.25, 0.3) is 132 Å². The summed E-state index contributed by atoms with van der Waals surface area (Å²) in [6, 6.07) is 103. The van der Waals surface area contributed by atoms with Gasteiger partial charge in [-0.3, -0.25) is 0 Å². The highest BCUT2D eigenvalue weighted by atomic mass is 14.3. The fourth-order valence-electron chi connectivity index (χ4n) is 11.1. The molecule has 13 rings (SSSR count). The van der Waals surface area contributed by atoms with Crippen LogP contribution in [0, 0.1) is 0 Å². The molecule has 0 amide bonds. The van der Waals surface area contributed by atoms with Gasteiger partial charge < -0.3 is 0 Å². The Morgan fingerprint density at radius 3 is 0.643 bits per heavy atom. The molecule has 0 saturated heterocycles. The average Bonchev–Trinajstić information content (AvgIpc) is 3.44. The fourth-order valence-corrected chi connectivity index (χ4v) is 11.1. The minimum absolute atomic E-state index is 1.19. The van der Waals surface area contributed by atoms with Crippen LogP contribution in [-0.2, 0) is 0 Å². The Bertz CT molecular complexity index is 3680. The van der Waals surface area contributed by atoms with Crippen molar-refractivity contribution in [1.29, 1.82) is 0 Å². The van der Waals surface area contributed by atoms with E-state index in [1.54, 1.807) is 0 Å². The van der Waals surface area contributed by atoms with E-state index < -0.39 is 0 Å². The Balaban J connectivity index is 1.01. The predicted octanol–water partition coefficient (Wildman–Crippen LogP) is 19.6. The van der Waals surface area contributed by atoms with Gasteiger partial charge in [-0.1, -0.05) is 267 Å². The number of hydrogen-bond acceptors (Lipinski definition) is 0. The van der Waals surface area contributed by atoms with Crippen LogP contribution in [0.15, 0.2) is 279 Å². The van der Waals surface area contributed by atoms with Gasteiger partial charge in [0.15, 0.2) is 0 Å². The molecule has 0 aliphatic heterocycles. The van der Waals surface area contributed by atoms with Gasteiger partial charge in [0, 0.05) is 0 Å². The van der Waals surface area contributed by atoms with Crippen LogP contribution in [0.2, 0.25) is 0 Å². The second-order valence-electron chi connectivity index (χ2n) is 18.2. The summed E-state index contributed by atoms with van der Waals surface area (Å²) in [6.45, 7) is 0. The summed E-state index contributed by atoms with van der Waals surface area (Å²) in [6.07, 6.45) is 0. The Labute approximate surface area is 409 Å². The normalized spacial score (nSPS) is 11.4. The Kier molecular flexibility index (Phi) is 10.3. The molecule has 70 heavy (non-hydrogen) atoms. The quantitative estimate of drug-likeness (QED) is 0.133. The molecule has 0 aliphatic rings. The second kappa shape index (κ2) is 17.5. The molecular formula is C70H46. The summed E-state index contributed by atoms with van der Waals surface area (Å²) in [7, 11) is 0. The van der Waals surface area contributed by atoms with Gasteiger partial charge in [-0.2, -0.15) is 0 Å². The van der Waals surface area contributed by atoms with Crippen molar-refractivity contribution in [2.24, 2.45) is 0 Å². The molecule has 0 N–H and O–H groups in total. The first-order valence-corrected chi connectivity index (χ1v) is 24.2. The first kappa shape index (κ1) is 41.1. The molecule has 326 valence electrons. The van der Waals surface area contributed by atoms with Gasteiger partial charge in [-0.25, -0.2) is 0 Å². The minimum atomic E-state index is 1.19. The van der Waals surface area contributed by atoms with Crippen molar-refractivity contribution in [2.45, 2.75) is 0 Å². The SMILES string of the molecule is c1ccc(-c2ccc(-c3ccccc3)c(-c3c4ccccc4c(-c4ccc(-c5c6ccccc6c(-c6cc(-c7ccccc7)ccc6-c6ccccc6)c6ccccc56)cc4)c4ccccc34)c2)cc1. The van der Waals surface area contributed by atoms with Gasteiger partial charge in [0.25, 0.3) is 0 Å². The molecule has 13 aromatic carbocycles. The van der Waals surface area contributed by atoms with Gasteiger partial charge in [-0.05, 0) is 144 Å². The van der Waals surface area contributed by atoms with E-state index in [1.165, 1.54) is 132 Å². The van der Waals surface area contributed by atoms with Crippen LogP contribution in [0.5, 0.6) is 0 Å². The summed E-state index contributed by atoms with van der Waals surface area (Å²) in [5, 5.41) is 9.90. The van der Waals surface area contributed by atoms with E-state index in [0.717, 1.165) is 0 Å². The molecule has 0 nitrogen and oxygen atoms in total. The third-order valence-electron chi connectivity index (χ3n) is 14.3. The molecule has 13 aromatic rings. The maximum absolute atomic E-state index is 2.41. The Hall–Kier alpha value is -9.10. The van der Waals surface area contributed by atoms with Crippen molar-refractivity contribution in [1.82, 2.24) is 0 Å². The van der Waals surface area contributed by atoms with Crippen molar-refractivity contribution in [3.05, 3.63) is 279 Å². The van der Waals surface area contributed by atoms with Crippen molar-refractivity contribution >= 4 is 43.1 Å².